The number of fused-ring (bicyclic) bond motifs is 1. The summed E-state index contributed by atoms with van der Waals surface area (Å²) in [6.45, 7) is 5.06. The Morgan fingerprint density at radius 3 is 2.88 bits per heavy atom. The molecule has 1 aromatic heterocycles. The number of hydrogen-bond acceptors (Lipinski definition) is 5. The Morgan fingerprint density at radius 2 is 2.12 bits per heavy atom. The van der Waals surface area contributed by atoms with Gasteiger partial charge >= 0.3 is 0 Å². The molecule has 2 aliphatic heterocycles. The van der Waals surface area contributed by atoms with Crippen LogP contribution in [0.3, 0.4) is 0 Å². The van der Waals surface area contributed by atoms with E-state index < -0.39 is 0 Å². The lowest BCUT2D eigenvalue weighted by Crippen LogP contribution is -2.54. The first-order chi connectivity index (χ1) is 11.7. The van der Waals surface area contributed by atoms with Gasteiger partial charge in [-0.1, -0.05) is 30.3 Å². The first kappa shape index (κ1) is 15.3. The Labute approximate surface area is 140 Å². The highest BCUT2D eigenvalue weighted by atomic mass is 16.5. The van der Waals surface area contributed by atoms with Crippen molar-refractivity contribution in [3.05, 3.63) is 36.2 Å². The largest absolute Gasteiger partial charge is 0.378 e. The fourth-order valence-electron chi connectivity index (χ4n) is 3.43. The quantitative estimate of drug-likeness (QED) is 0.885. The molecule has 1 aromatic carbocycles. The van der Waals surface area contributed by atoms with E-state index in [0.29, 0.717) is 32.8 Å². The maximum atomic E-state index is 12.7. The number of rotatable bonds is 2. The van der Waals surface area contributed by atoms with Crippen LogP contribution in [-0.4, -0.2) is 57.9 Å². The van der Waals surface area contributed by atoms with Gasteiger partial charge in [-0.05, 0) is 6.92 Å². The van der Waals surface area contributed by atoms with E-state index >= 15 is 0 Å². The van der Waals surface area contributed by atoms with E-state index in [1.165, 1.54) is 0 Å². The first-order valence-electron chi connectivity index (χ1n) is 8.33. The lowest BCUT2D eigenvalue weighted by Gasteiger charge is -2.35. The van der Waals surface area contributed by atoms with Crippen LogP contribution in [0.2, 0.25) is 0 Å². The SMILES string of the molecule is C[C@H]1CN(C(=O)[C@H]2COCCN2)Cc2nnc(-c3ccccc3)n21. The zero-order valence-corrected chi connectivity index (χ0v) is 13.7. The summed E-state index contributed by atoms with van der Waals surface area (Å²) in [5.74, 6) is 1.78. The molecule has 2 atom stereocenters. The smallest absolute Gasteiger partial charge is 0.242 e. The highest BCUT2D eigenvalue weighted by molar-refractivity contribution is 5.82. The van der Waals surface area contributed by atoms with Gasteiger partial charge in [0.25, 0.3) is 0 Å². The molecule has 0 radical (unpaired) electrons. The lowest BCUT2D eigenvalue weighted by atomic mass is 10.1. The molecule has 2 aromatic rings. The van der Waals surface area contributed by atoms with Gasteiger partial charge in [0.1, 0.15) is 6.04 Å². The molecule has 1 N–H and O–H groups in total. The molecule has 0 aliphatic carbocycles. The fraction of sp³-hybridized carbons (Fsp3) is 0.471. The molecule has 1 amide bonds. The van der Waals surface area contributed by atoms with Gasteiger partial charge in [0.05, 0.1) is 25.8 Å². The molecule has 0 saturated carbocycles. The van der Waals surface area contributed by atoms with Crippen molar-refractivity contribution >= 4 is 5.91 Å². The molecule has 2 aliphatic rings. The number of amides is 1. The second-order valence-corrected chi connectivity index (χ2v) is 6.33. The van der Waals surface area contributed by atoms with Crippen molar-refractivity contribution in [1.82, 2.24) is 25.0 Å². The van der Waals surface area contributed by atoms with Crippen molar-refractivity contribution in [2.24, 2.45) is 0 Å². The minimum atomic E-state index is -0.256. The van der Waals surface area contributed by atoms with Gasteiger partial charge in [-0.3, -0.25) is 4.79 Å². The van der Waals surface area contributed by atoms with Crippen molar-refractivity contribution < 1.29 is 9.53 Å². The summed E-state index contributed by atoms with van der Waals surface area (Å²) in [6, 6.07) is 9.92. The van der Waals surface area contributed by atoms with E-state index in [4.69, 9.17) is 4.74 Å². The standard InChI is InChI=1S/C17H21N5O2/c1-12-9-21(17(23)14-11-24-8-7-18-14)10-15-19-20-16(22(12)15)13-5-3-2-4-6-13/h2-6,12,14,18H,7-11H2,1H3/t12-,14+/m0/s1. The number of ether oxygens (including phenoxy) is 1. The summed E-state index contributed by atoms with van der Waals surface area (Å²) in [6.07, 6.45) is 0. The monoisotopic (exact) mass is 327 g/mol. The average molecular weight is 327 g/mol. The summed E-state index contributed by atoms with van der Waals surface area (Å²) < 4.78 is 7.55. The minimum absolute atomic E-state index is 0.0806. The molecule has 0 spiro atoms. The zero-order chi connectivity index (χ0) is 16.5. The molecule has 0 unspecified atom stereocenters. The highest BCUT2D eigenvalue weighted by Crippen LogP contribution is 2.27. The molecule has 1 saturated heterocycles. The summed E-state index contributed by atoms with van der Waals surface area (Å²) in [7, 11) is 0. The predicted octanol–water partition coefficient (Wildman–Crippen LogP) is 0.837. The topological polar surface area (TPSA) is 72.3 Å². The molecule has 24 heavy (non-hydrogen) atoms. The van der Waals surface area contributed by atoms with Gasteiger partial charge in [0.2, 0.25) is 5.91 Å². The van der Waals surface area contributed by atoms with Crippen LogP contribution in [0.15, 0.2) is 30.3 Å². The lowest BCUT2D eigenvalue weighted by molar-refractivity contribution is -0.138. The molecular formula is C17H21N5O2. The number of benzene rings is 1. The summed E-state index contributed by atoms with van der Waals surface area (Å²) in [5, 5.41) is 11.9. The first-order valence-corrected chi connectivity index (χ1v) is 8.33. The molecule has 4 rings (SSSR count). The number of hydrogen-bond donors (Lipinski definition) is 1. The third-order valence-electron chi connectivity index (χ3n) is 4.59. The van der Waals surface area contributed by atoms with E-state index in [0.717, 1.165) is 17.2 Å². The van der Waals surface area contributed by atoms with Crippen molar-refractivity contribution in [1.29, 1.82) is 0 Å². The number of aromatic nitrogens is 3. The normalized spacial score (nSPS) is 23.8. The fourth-order valence-corrected chi connectivity index (χ4v) is 3.43. The minimum Gasteiger partial charge on any atom is -0.378 e. The van der Waals surface area contributed by atoms with Crippen LogP contribution in [-0.2, 0) is 16.1 Å². The van der Waals surface area contributed by atoms with E-state index in [9.17, 15) is 4.79 Å². The van der Waals surface area contributed by atoms with Gasteiger partial charge in [0.15, 0.2) is 11.6 Å². The third-order valence-corrected chi connectivity index (χ3v) is 4.59. The summed E-state index contributed by atoms with van der Waals surface area (Å²) in [5.41, 5.74) is 1.05. The van der Waals surface area contributed by atoms with Crippen molar-refractivity contribution in [3.8, 4) is 11.4 Å². The molecule has 126 valence electrons. The number of carbonyl (C=O) groups excluding carboxylic acids is 1. The third kappa shape index (κ3) is 2.70. The number of nitrogens with one attached hydrogen (secondary N) is 1. The van der Waals surface area contributed by atoms with Gasteiger partial charge < -0.3 is 19.5 Å². The van der Waals surface area contributed by atoms with Crippen LogP contribution < -0.4 is 5.32 Å². The second-order valence-electron chi connectivity index (χ2n) is 6.33. The number of morpholine rings is 1. The van der Waals surface area contributed by atoms with Crippen LogP contribution >= 0.6 is 0 Å². The maximum absolute atomic E-state index is 12.7. The molecule has 0 bridgehead atoms. The Kier molecular flexibility index (Phi) is 4.03. The van der Waals surface area contributed by atoms with E-state index in [-0.39, 0.29) is 18.0 Å². The van der Waals surface area contributed by atoms with E-state index in [2.05, 4.69) is 27.0 Å². The van der Waals surface area contributed by atoms with Crippen LogP contribution in [0.4, 0.5) is 0 Å². The summed E-state index contributed by atoms with van der Waals surface area (Å²) >= 11 is 0. The maximum Gasteiger partial charge on any atom is 0.242 e. The Bertz CT molecular complexity index is 724. The average Bonchev–Trinajstić information content (AvgIpc) is 3.07. The number of carbonyl (C=O) groups is 1. The number of nitrogens with zero attached hydrogens (tertiary/aromatic N) is 4. The van der Waals surface area contributed by atoms with Crippen LogP contribution in [0, 0.1) is 0 Å². The van der Waals surface area contributed by atoms with Crippen molar-refractivity contribution in [3.63, 3.8) is 0 Å². The highest BCUT2D eigenvalue weighted by Gasteiger charge is 2.33. The molecule has 1 fully saturated rings. The predicted molar refractivity (Wildman–Crippen MR) is 88.2 cm³/mol. The van der Waals surface area contributed by atoms with Gasteiger partial charge in [0, 0.05) is 18.7 Å². The Hall–Kier alpha value is -2.25. The molecule has 7 heteroatoms. The van der Waals surface area contributed by atoms with Crippen LogP contribution in [0.1, 0.15) is 18.8 Å². The zero-order valence-electron chi connectivity index (χ0n) is 13.7. The van der Waals surface area contributed by atoms with Crippen molar-refractivity contribution in [2.45, 2.75) is 25.6 Å². The summed E-state index contributed by atoms with van der Waals surface area (Å²) in [4.78, 5) is 14.6. The van der Waals surface area contributed by atoms with Crippen LogP contribution in [0.25, 0.3) is 11.4 Å². The van der Waals surface area contributed by atoms with Gasteiger partial charge in [-0.2, -0.15) is 0 Å². The van der Waals surface area contributed by atoms with Gasteiger partial charge in [-0.15, -0.1) is 10.2 Å². The van der Waals surface area contributed by atoms with Gasteiger partial charge in [-0.25, -0.2) is 0 Å². The van der Waals surface area contributed by atoms with Crippen molar-refractivity contribution in [2.75, 3.05) is 26.3 Å². The second kappa shape index (κ2) is 6.33. The Morgan fingerprint density at radius 1 is 1.29 bits per heavy atom. The Balaban J connectivity index is 1.58. The molecule has 3 heterocycles. The molecular weight excluding hydrogens is 306 g/mol. The van der Waals surface area contributed by atoms with E-state index in [1.807, 2.05) is 35.2 Å². The van der Waals surface area contributed by atoms with E-state index in [1.54, 1.807) is 0 Å². The van der Waals surface area contributed by atoms with Crippen LogP contribution in [0.5, 0.6) is 0 Å². The molecule has 7 nitrogen and oxygen atoms in total.